The van der Waals surface area contributed by atoms with Crippen LogP contribution in [0.25, 0.3) is 4.85 Å². The lowest BCUT2D eigenvalue weighted by Gasteiger charge is -2.39. The molecular weight excluding hydrogens is 495 g/mol. The molecule has 0 aromatic heterocycles. The number of hydrogen-bond donors (Lipinski definition) is 1. The third-order valence-electron chi connectivity index (χ3n) is 7.05. The van der Waals surface area contributed by atoms with Crippen molar-refractivity contribution in [1.29, 1.82) is 0 Å². The number of ether oxygens (including phenoxy) is 1. The van der Waals surface area contributed by atoms with Gasteiger partial charge in [0, 0.05) is 46.1 Å². The Balaban J connectivity index is 1.71. The third-order valence-corrected chi connectivity index (χ3v) is 7.55. The van der Waals surface area contributed by atoms with Crippen LogP contribution in [0.2, 0.25) is 10.0 Å². The predicted molar refractivity (Wildman–Crippen MR) is 140 cm³/mol. The van der Waals surface area contributed by atoms with Gasteiger partial charge in [-0.25, -0.2) is 6.57 Å². The Morgan fingerprint density at radius 1 is 1.03 bits per heavy atom. The summed E-state index contributed by atoms with van der Waals surface area (Å²) in [5, 5.41) is 11.8. The van der Waals surface area contributed by atoms with E-state index in [1.54, 1.807) is 49.1 Å². The number of nitrogens with zero attached hydrogens (tertiary/aromatic N) is 2. The SMILES string of the molecule is [C-]#[N+]C1(CO[C@]2(c3ccc(Cl)cc3)c3ccc(C(C)(C)O)cc3C(=O)N2Cc2ccc(Cl)cc2)CC1. The highest BCUT2D eigenvalue weighted by Crippen LogP contribution is 2.50. The van der Waals surface area contributed by atoms with Gasteiger partial charge in [0.15, 0.2) is 5.72 Å². The lowest BCUT2D eigenvalue weighted by molar-refractivity contribution is -0.115. The van der Waals surface area contributed by atoms with Crippen molar-refractivity contribution < 1.29 is 14.6 Å². The lowest BCUT2D eigenvalue weighted by Crippen LogP contribution is -2.47. The molecule has 5 nitrogen and oxygen atoms in total. The number of hydrogen-bond acceptors (Lipinski definition) is 3. The molecule has 1 aliphatic carbocycles. The van der Waals surface area contributed by atoms with Gasteiger partial charge in [-0.15, -0.1) is 0 Å². The van der Waals surface area contributed by atoms with E-state index in [0.29, 0.717) is 26.7 Å². The number of amides is 1. The maximum Gasteiger partial charge on any atom is 0.257 e. The largest absolute Gasteiger partial charge is 0.386 e. The first kappa shape index (κ1) is 24.8. The van der Waals surface area contributed by atoms with Gasteiger partial charge < -0.3 is 14.7 Å². The van der Waals surface area contributed by atoms with E-state index in [-0.39, 0.29) is 19.1 Å². The molecule has 36 heavy (non-hydrogen) atoms. The highest BCUT2D eigenvalue weighted by atomic mass is 35.5. The molecule has 3 aromatic carbocycles. The van der Waals surface area contributed by atoms with Crippen LogP contribution in [-0.4, -0.2) is 28.1 Å². The van der Waals surface area contributed by atoms with Crippen molar-refractivity contribution in [2.45, 2.75) is 50.1 Å². The third kappa shape index (κ3) is 4.29. The predicted octanol–water partition coefficient (Wildman–Crippen LogP) is 6.55. The fourth-order valence-corrected chi connectivity index (χ4v) is 4.94. The number of halogens is 2. The Kier molecular flexibility index (Phi) is 6.13. The molecule has 3 aromatic rings. The van der Waals surface area contributed by atoms with Gasteiger partial charge in [-0.2, -0.15) is 0 Å². The molecule has 1 amide bonds. The number of benzene rings is 3. The van der Waals surface area contributed by atoms with Crippen molar-refractivity contribution >= 4 is 29.1 Å². The minimum Gasteiger partial charge on any atom is -0.386 e. The molecule has 1 N–H and O–H groups in total. The molecule has 0 bridgehead atoms. The van der Waals surface area contributed by atoms with Crippen molar-refractivity contribution in [3.8, 4) is 0 Å². The van der Waals surface area contributed by atoms with E-state index >= 15 is 0 Å². The molecule has 0 radical (unpaired) electrons. The monoisotopic (exact) mass is 520 g/mol. The summed E-state index contributed by atoms with van der Waals surface area (Å²) >= 11 is 12.3. The summed E-state index contributed by atoms with van der Waals surface area (Å²) in [6, 6.07) is 20.1. The minimum atomic E-state index is -1.27. The molecule has 1 heterocycles. The zero-order valence-corrected chi connectivity index (χ0v) is 21.6. The second-order valence-electron chi connectivity index (χ2n) is 10.1. The van der Waals surface area contributed by atoms with Gasteiger partial charge in [0.25, 0.3) is 11.4 Å². The smallest absolute Gasteiger partial charge is 0.257 e. The maximum atomic E-state index is 14.1. The van der Waals surface area contributed by atoms with Gasteiger partial charge in [0.1, 0.15) is 6.61 Å². The highest BCUT2D eigenvalue weighted by molar-refractivity contribution is 6.30. The minimum absolute atomic E-state index is 0.191. The van der Waals surface area contributed by atoms with E-state index in [1.807, 2.05) is 36.4 Å². The average Bonchev–Trinajstić information content (AvgIpc) is 3.60. The molecule has 1 fully saturated rings. The number of carbonyl (C=O) groups excluding carboxylic acids is 1. The lowest BCUT2D eigenvalue weighted by atomic mass is 9.89. The van der Waals surface area contributed by atoms with E-state index in [9.17, 15) is 9.90 Å². The number of carbonyl (C=O) groups is 1. The van der Waals surface area contributed by atoms with E-state index in [1.165, 1.54) is 0 Å². The normalized spacial score (nSPS) is 20.2. The van der Waals surface area contributed by atoms with E-state index in [0.717, 1.165) is 24.0 Å². The van der Waals surface area contributed by atoms with Crippen LogP contribution >= 0.6 is 23.2 Å². The van der Waals surface area contributed by atoms with E-state index < -0.39 is 16.9 Å². The van der Waals surface area contributed by atoms with Crippen molar-refractivity contribution in [3.63, 3.8) is 0 Å². The first-order valence-electron chi connectivity index (χ1n) is 11.8. The quantitative estimate of drug-likeness (QED) is 0.359. The molecule has 7 heteroatoms. The van der Waals surface area contributed by atoms with Gasteiger partial charge in [0.2, 0.25) is 0 Å². The van der Waals surface area contributed by atoms with Gasteiger partial charge >= 0.3 is 0 Å². The average molecular weight is 521 g/mol. The Morgan fingerprint density at radius 3 is 2.19 bits per heavy atom. The Bertz CT molecular complexity index is 1350. The van der Waals surface area contributed by atoms with Crippen LogP contribution in [0.3, 0.4) is 0 Å². The van der Waals surface area contributed by atoms with Crippen LogP contribution in [0.4, 0.5) is 0 Å². The molecule has 184 valence electrons. The molecule has 0 unspecified atom stereocenters. The van der Waals surface area contributed by atoms with E-state index in [2.05, 4.69) is 4.85 Å². The summed E-state index contributed by atoms with van der Waals surface area (Å²) in [5.41, 5.74) is 0.446. The van der Waals surface area contributed by atoms with Crippen molar-refractivity contribution in [3.05, 3.63) is 116 Å². The zero-order chi connectivity index (χ0) is 25.7. The topological polar surface area (TPSA) is 54.1 Å². The number of fused-ring (bicyclic) bond motifs is 1. The second kappa shape index (κ2) is 8.90. The van der Waals surface area contributed by atoms with Gasteiger partial charge in [-0.05, 0) is 55.3 Å². The number of aliphatic hydroxyl groups is 1. The second-order valence-corrected chi connectivity index (χ2v) is 11.0. The summed E-state index contributed by atoms with van der Waals surface area (Å²) in [4.78, 5) is 19.6. The Morgan fingerprint density at radius 2 is 1.64 bits per heavy atom. The van der Waals surface area contributed by atoms with Crippen molar-refractivity contribution in [2.75, 3.05) is 6.61 Å². The molecule has 2 aliphatic rings. The Labute approximate surface area is 221 Å². The van der Waals surface area contributed by atoms with Gasteiger partial charge in [-0.3, -0.25) is 9.69 Å². The van der Waals surface area contributed by atoms with Crippen LogP contribution in [0, 0.1) is 6.57 Å². The fraction of sp³-hybridized carbons (Fsp3) is 0.310. The van der Waals surface area contributed by atoms with Crippen LogP contribution in [0.5, 0.6) is 0 Å². The number of rotatable bonds is 7. The molecule has 0 saturated heterocycles. The molecular formula is C29H26Cl2N2O3. The van der Waals surface area contributed by atoms with Crippen LogP contribution < -0.4 is 0 Å². The Hall–Kier alpha value is -2.88. The van der Waals surface area contributed by atoms with Crippen molar-refractivity contribution in [2.24, 2.45) is 0 Å². The molecule has 5 rings (SSSR count). The first-order valence-corrected chi connectivity index (χ1v) is 12.6. The van der Waals surface area contributed by atoms with Gasteiger partial charge in [0.05, 0.1) is 5.60 Å². The summed E-state index contributed by atoms with van der Waals surface area (Å²) in [7, 11) is 0. The standard InChI is InChI=1S/C29H26Cl2N2O3/c1-27(2,35)21-8-13-25-24(16-21)26(34)33(17-19-4-9-22(30)10-5-19)29(25,20-6-11-23(31)12-7-20)36-18-28(32-3)14-15-28/h4-13,16,35H,14-15,17-18H2,1-2H3/t29-/m1/s1. The molecule has 0 spiro atoms. The summed E-state index contributed by atoms with van der Waals surface area (Å²) in [6.07, 6.45) is 1.53. The fourth-order valence-electron chi connectivity index (χ4n) is 4.68. The summed E-state index contributed by atoms with van der Waals surface area (Å²) < 4.78 is 6.73. The highest BCUT2D eigenvalue weighted by Gasteiger charge is 2.57. The zero-order valence-electron chi connectivity index (χ0n) is 20.1. The summed E-state index contributed by atoms with van der Waals surface area (Å²) in [6.45, 7) is 11.5. The van der Waals surface area contributed by atoms with Gasteiger partial charge in [-0.1, -0.05) is 59.6 Å². The van der Waals surface area contributed by atoms with Crippen LogP contribution in [-0.2, 0) is 22.6 Å². The summed E-state index contributed by atoms with van der Waals surface area (Å²) in [5.74, 6) is -0.214. The van der Waals surface area contributed by atoms with E-state index in [4.69, 9.17) is 34.5 Å². The van der Waals surface area contributed by atoms with Crippen LogP contribution in [0.15, 0.2) is 66.7 Å². The van der Waals surface area contributed by atoms with Crippen molar-refractivity contribution in [1.82, 2.24) is 4.90 Å². The maximum absolute atomic E-state index is 14.1. The molecule has 1 aliphatic heterocycles. The molecule has 1 atom stereocenters. The first-order chi connectivity index (χ1) is 17.1. The molecule has 1 saturated carbocycles. The van der Waals surface area contributed by atoms with Crippen LogP contribution in [0.1, 0.15) is 59.3 Å².